The van der Waals surface area contributed by atoms with E-state index in [1.54, 1.807) is 6.08 Å². The van der Waals surface area contributed by atoms with Gasteiger partial charge in [0.25, 0.3) is 0 Å². The fraction of sp³-hybridized carbons (Fsp3) is 0.593. The molecule has 2 nitrogen and oxygen atoms in total. The third-order valence-corrected chi connectivity index (χ3v) is 5.33. The van der Waals surface area contributed by atoms with Crippen LogP contribution in [-0.2, 0) is 9.53 Å². The Hall–Kier alpha value is -1.83. The molecule has 0 spiro atoms. The van der Waals surface area contributed by atoms with Crippen LogP contribution in [0.4, 0.5) is 0 Å². The maximum absolute atomic E-state index is 12.6. The van der Waals surface area contributed by atoms with E-state index in [0.717, 1.165) is 19.3 Å². The lowest BCUT2D eigenvalue weighted by atomic mass is 9.99. The van der Waals surface area contributed by atoms with Crippen molar-refractivity contribution in [2.45, 2.75) is 90.4 Å². The maximum atomic E-state index is 12.6. The fourth-order valence-corrected chi connectivity index (χ4v) is 3.46. The quantitative estimate of drug-likeness (QED) is 0.273. The predicted octanol–water partition coefficient (Wildman–Crippen LogP) is 8.03. The zero-order valence-corrected chi connectivity index (χ0v) is 18.6. The second-order valence-corrected chi connectivity index (χ2v) is 7.97. The van der Waals surface area contributed by atoms with Gasteiger partial charge in [-0.2, -0.15) is 0 Å². The first kappa shape index (κ1) is 25.2. The van der Waals surface area contributed by atoms with Crippen LogP contribution in [0.3, 0.4) is 0 Å². The molecule has 0 saturated heterocycles. The minimum absolute atomic E-state index is 0.0147. The highest BCUT2D eigenvalue weighted by atomic mass is 16.5. The van der Waals surface area contributed by atoms with E-state index in [4.69, 9.17) is 4.74 Å². The second kappa shape index (κ2) is 18.2. The summed E-state index contributed by atoms with van der Waals surface area (Å²) in [6.45, 7) is 6.26. The van der Waals surface area contributed by atoms with Gasteiger partial charge in [0, 0.05) is 11.5 Å². The van der Waals surface area contributed by atoms with Gasteiger partial charge in [-0.1, -0.05) is 101 Å². The first-order chi connectivity index (χ1) is 14.3. The van der Waals surface area contributed by atoms with Gasteiger partial charge in [0.1, 0.15) is 0 Å². The first-order valence-corrected chi connectivity index (χ1v) is 11.7. The molecule has 1 aliphatic rings. The zero-order chi connectivity index (χ0) is 21.0. The number of allylic oxidation sites excluding steroid dienone is 8. The number of hydrogen-bond donors (Lipinski definition) is 0. The van der Waals surface area contributed by atoms with E-state index < -0.39 is 0 Å². The Morgan fingerprint density at radius 2 is 1.41 bits per heavy atom. The minimum atomic E-state index is -0.192. The molecule has 0 saturated carbocycles. The van der Waals surface area contributed by atoms with Crippen LogP contribution < -0.4 is 0 Å². The van der Waals surface area contributed by atoms with Gasteiger partial charge in [-0.25, -0.2) is 4.79 Å². The summed E-state index contributed by atoms with van der Waals surface area (Å²) in [5.41, 5.74) is 0.712. The molecule has 0 aromatic carbocycles. The molecule has 1 atom stereocenters. The van der Waals surface area contributed by atoms with Crippen LogP contribution in [0.15, 0.2) is 60.8 Å². The van der Waals surface area contributed by atoms with E-state index in [1.807, 2.05) is 31.2 Å². The van der Waals surface area contributed by atoms with Crippen LogP contribution in [0.2, 0.25) is 0 Å². The molecule has 0 N–H and O–H groups in total. The average molecular weight is 399 g/mol. The number of ether oxygens (including phenoxy) is 1. The van der Waals surface area contributed by atoms with E-state index in [9.17, 15) is 4.79 Å². The number of rotatable bonds is 3. The molecule has 1 rings (SSSR count). The van der Waals surface area contributed by atoms with Gasteiger partial charge in [0.15, 0.2) is 0 Å². The first-order valence-electron chi connectivity index (χ1n) is 11.7. The van der Waals surface area contributed by atoms with Gasteiger partial charge >= 0.3 is 5.97 Å². The largest absolute Gasteiger partial charge is 0.462 e. The SMILES string of the molecule is C=CC=C[C@H](C)C1=CC=CCCCCC=CCCCCCCCCCCOC1=O. The number of carbonyl (C=O) groups is 1. The van der Waals surface area contributed by atoms with Crippen LogP contribution in [0.25, 0.3) is 0 Å². The Morgan fingerprint density at radius 1 is 0.862 bits per heavy atom. The Bertz CT molecular complexity index is 551. The lowest BCUT2D eigenvalue weighted by Gasteiger charge is -2.12. The van der Waals surface area contributed by atoms with Crippen LogP contribution in [0, 0.1) is 5.92 Å². The van der Waals surface area contributed by atoms with Crippen LogP contribution in [0.5, 0.6) is 0 Å². The highest BCUT2D eigenvalue weighted by molar-refractivity contribution is 5.89. The molecule has 162 valence electrons. The van der Waals surface area contributed by atoms with Crippen LogP contribution >= 0.6 is 0 Å². The van der Waals surface area contributed by atoms with E-state index in [2.05, 4.69) is 24.8 Å². The summed E-state index contributed by atoms with van der Waals surface area (Å²) < 4.78 is 5.56. The van der Waals surface area contributed by atoms with Gasteiger partial charge in [0.05, 0.1) is 6.61 Å². The Balaban J connectivity index is 2.63. The molecule has 0 aliphatic carbocycles. The van der Waals surface area contributed by atoms with Gasteiger partial charge in [-0.15, -0.1) is 0 Å². The van der Waals surface area contributed by atoms with E-state index in [1.165, 1.54) is 64.2 Å². The topological polar surface area (TPSA) is 26.3 Å². The molecule has 0 unspecified atom stereocenters. The van der Waals surface area contributed by atoms with E-state index >= 15 is 0 Å². The molecule has 1 aliphatic heterocycles. The van der Waals surface area contributed by atoms with E-state index in [-0.39, 0.29) is 11.9 Å². The summed E-state index contributed by atoms with van der Waals surface area (Å²) >= 11 is 0. The van der Waals surface area contributed by atoms with Crippen molar-refractivity contribution in [3.63, 3.8) is 0 Å². The standard InChI is InChI=1S/C27H42O2/c1-3-4-22-25(2)26-23-20-18-16-14-12-10-8-6-5-7-9-11-13-15-17-19-21-24-29-27(26)28/h3-4,6,8,18,20,22-23,25H,1,5,7,9-17,19,21,24H2,2H3/t25-/m0/s1. The molecule has 2 heteroatoms. The second-order valence-electron chi connectivity index (χ2n) is 7.97. The molecule has 0 amide bonds. The average Bonchev–Trinajstić information content (AvgIpc) is 2.72. The lowest BCUT2D eigenvalue weighted by molar-refractivity contribution is -0.139. The lowest BCUT2D eigenvalue weighted by Crippen LogP contribution is -2.13. The molecule has 0 fully saturated rings. The molecule has 0 radical (unpaired) electrons. The predicted molar refractivity (Wildman–Crippen MR) is 126 cm³/mol. The summed E-state index contributed by atoms with van der Waals surface area (Å²) in [5.74, 6) is -0.177. The van der Waals surface area contributed by atoms with Crippen LogP contribution in [0.1, 0.15) is 90.4 Å². The molecular formula is C27H42O2. The summed E-state index contributed by atoms with van der Waals surface area (Å²) in [4.78, 5) is 12.6. The third-order valence-electron chi connectivity index (χ3n) is 5.33. The molecule has 0 aromatic rings. The van der Waals surface area contributed by atoms with Crippen molar-refractivity contribution in [3.8, 4) is 0 Å². The van der Waals surface area contributed by atoms with Crippen molar-refractivity contribution in [1.82, 2.24) is 0 Å². The zero-order valence-electron chi connectivity index (χ0n) is 18.6. The van der Waals surface area contributed by atoms with Gasteiger partial charge in [0.2, 0.25) is 0 Å². The molecule has 29 heavy (non-hydrogen) atoms. The molecule has 0 bridgehead atoms. The van der Waals surface area contributed by atoms with Crippen LogP contribution in [-0.4, -0.2) is 12.6 Å². The van der Waals surface area contributed by atoms with Crippen molar-refractivity contribution < 1.29 is 9.53 Å². The van der Waals surface area contributed by atoms with Gasteiger partial charge in [-0.05, 0) is 44.9 Å². The summed E-state index contributed by atoms with van der Waals surface area (Å²) in [7, 11) is 0. The van der Waals surface area contributed by atoms with Crippen molar-refractivity contribution >= 4 is 5.97 Å². The number of hydrogen-bond acceptors (Lipinski definition) is 2. The Morgan fingerprint density at radius 3 is 2.07 bits per heavy atom. The van der Waals surface area contributed by atoms with E-state index in [0.29, 0.717) is 12.2 Å². The number of esters is 1. The minimum Gasteiger partial charge on any atom is -0.462 e. The van der Waals surface area contributed by atoms with Gasteiger partial charge in [-0.3, -0.25) is 0 Å². The molecule has 1 heterocycles. The molecular weight excluding hydrogens is 356 g/mol. The maximum Gasteiger partial charge on any atom is 0.334 e. The highest BCUT2D eigenvalue weighted by Crippen LogP contribution is 2.16. The normalized spacial score (nSPS) is 20.9. The van der Waals surface area contributed by atoms with Crippen molar-refractivity contribution in [3.05, 3.63) is 60.8 Å². The van der Waals surface area contributed by atoms with Crippen molar-refractivity contribution in [2.75, 3.05) is 6.61 Å². The number of cyclic esters (lactones) is 1. The number of carbonyl (C=O) groups excluding carboxylic acids is 1. The Labute approximate surface area is 179 Å². The monoisotopic (exact) mass is 398 g/mol. The fourth-order valence-electron chi connectivity index (χ4n) is 3.46. The smallest absolute Gasteiger partial charge is 0.334 e. The summed E-state index contributed by atoms with van der Waals surface area (Å²) in [6, 6.07) is 0. The summed E-state index contributed by atoms with van der Waals surface area (Å²) in [6.07, 6.45) is 32.2. The third kappa shape index (κ3) is 13.9. The Kier molecular flexibility index (Phi) is 15.8. The molecule has 0 aromatic heterocycles. The van der Waals surface area contributed by atoms with Crippen molar-refractivity contribution in [1.29, 1.82) is 0 Å². The van der Waals surface area contributed by atoms with Gasteiger partial charge < -0.3 is 4.74 Å². The summed E-state index contributed by atoms with van der Waals surface area (Å²) in [5, 5.41) is 0. The van der Waals surface area contributed by atoms with Crippen molar-refractivity contribution in [2.24, 2.45) is 5.92 Å². The highest BCUT2D eigenvalue weighted by Gasteiger charge is 2.15.